The Kier molecular flexibility index (Phi) is 10.2. The Bertz CT molecular complexity index is 505. The van der Waals surface area contributed by atoms with Gasteiger partial charge in [-0.1, -0.05) is 55.4 Å². The molecule has 0 aromatic carbocycles. The maximum Gasteiger partial charge on any atom is 0.232 e. The van der Waals surface area contributed by atoms with Crippen LogP contribution in [0.5, 0.6) is 0 Å². The van der Waals surface area contributed by atoms with Crippen molar-refractivity contribution < 1.29 is 0 Å². The van der Waals surface area contributed by atoms with Crippen molar-refractivity contribution >= 4 is 34.0 Å². The van der Waals surface area contributed by atoms with E-state index in [1.807, 2.05) is 0 Å². The Labute approximate surface area is 169 Å². The average Bonchev–Trinajstić information content (AvgIpc) is 2.57. The molecule has 0 fully saturated rings. The number of hydrogen-bond donors (Lipinski definition) is 2. The fraction of sp³-hybridized carbons (Fsp3) is 0.842. The lowest BCUT2D eigenvalue weighted by Gasteiger charge is -2.29. The van der Waals surface area contributed by atoms with Gasteiger partial charge in [0.2, 0.25) is 17.8 Å². The predicted octanol–water partition coefficient (Wildman–Crippen LogP) is 5.97. The number of aromatic nitrogens is 3. The third-order valence-electron chi connectivity index (χ3n) is 4.35. The molecule has 27 heavy (non-hydrogen) atoms. The standard InChI is InChI=1S/C19H40N6P2/c1-11-25(12-2)19-21-17(23-26(13(3)4)14(5)6)20-18(22-19)24-27(15(7)8)16(9)10/h13-16H,11-12H2,1-10H3,(H2,20,21,22,23,24). The molecule has 8 heteroatoms. The summed E-state index contributed by atoms with van der Waals surface area (Å²) in [6, 6.07) is 0. The normalized spacial score (nSPS) is 12.1. The predicted molar refractivity (Wildman–Crippen MR) is 125 cm³/mol. The number of anilines is 3. The van der Waals surface area contributed by atoms with Gasteiger partial charge < -0.3 is 15.1 Å². The molecule has 0 saturated heterocycles. The molecule has 1 rings (SSSR count). The maximum atomic E-state index is 4.75. The second-order valence-corrected chi connectivity index (χ2v) is 14.1. The zero-order chi connectivity index (χ0) is 20.7. The van der Waals surface area contributed by atoms with Crippen LogP contribution < -0.4 is 15.1 Å². The monoisotopic (exact) mass is 414 g/mol. The molecule has 6 nitrogen and oxygen atoms in total. The van der Waals surface area contributed by atoms with Gasteiger partial charge >= 0.3 is 0 Å². The van der Waals surface area contributed by atoms with Crippen molar-refractivity contribution in [3.63, 3.8) is 0 Å². The van der Waals surface area contributed by atoms with Gasteiger partial charge in [-0.05, 0) is 52.6 Å². The number of nitrogens with zero attached hydrogens (tertiary/aromatic N) is 4. The Morgan fingerprint density at radius 1 is 0.667 bits per heavy atom. The lowest BCUT2D eigenvalue weighted by atomic mass is 10.5. The van der Waals surface area contributed by atoms with Gasteiger partial charge in [0.15, 0.2) is 0 Å². The van der Waals surface area contributed by atoms with Crippen LogP contribution >= 0.6 is 16.1 Å². The van der Waals surface area contributed by atoms with E-state index in [1.54, 1.807) is 0 Å². The van der Waals surface area contributed by atoms with Crippen molar-refractivity contribution in [1.29, 1.82) is 0 Å². The van der Waals surface area contributed by atoms with Gasteiger partial charge in [0.1, 0.15) is 0 Å². The molecule has 0 saturated carbocycles. The summed E-state index contributed by atoms with van der Waals surface area (Å²) in [5, 5.41) is 7.27. The molecular weight excluding hydrogens is 374 g/mol. The summed E-state index contributed by atoms with van der Waals surface area (Å²) in [4.78, 5) is 16.4. The van der Waals surface area contributed by atoms with Gasteiger partial charge in [-0.2, -0.15) is 15.0 Å². The highest BCUT2D eigenvalue weighted by Gasteiger charge is 2.22. The lowest BCUT2D eigenvalue weighted by molar-refractivity contribution is 0.816. The molecule has 1 aromatic rings. The summed E-state index contributed by atoms with van der Waals surface area (Å²) >= 11 is 0. The average molecular weight is 415 g/mol. The van der Waals surface area contributed by atoms with E-state index in [1.165, 1.54) is 0 Å². The van der Waals surface area contributed by atoms with E-state index >= 15 is 0 Å². The SMILES string of the molecule is CCN(CC)c1nc(NP(C(C)C)C(C)C)nc(NP(C(C)C)C(C)C)n1. The van der Waals surface area contributed by atoms with Crippen LogP contribution in [0.1, 0.15) is 69.2 Å². The lowest BCUT2D eigenvalue weighted by Crippen LogP contribution is -2.25. The van der Waals surface area contributed by atoms with Crippen LogP contribution in [0.3, 0.4) is 0 Å². The first kappa shape index (κ1) is 24.3. The molecule has 156 valence electrons. The van der Waals surface area contributed by atoms with Crippen molar-refractivity contribution in [1.82, 2.24) is 15.0 Å². The van der Waals surface area contributed by atoms with Gasteiger partial charge in [0.25, 0.3) is 0 Å². The molecule has 0 spiro atoms. The second-order valence-electron chi connectivity index (χ2n) is 7.87. The number of hydrogen-bond acceptors (Lipinski definition) is 6. The van der Waals surface area contributed by atoms with Gasteiger partial charge in [-0.15, -0.1) is 0 Å². The van der Waals surface area contributed by atoms with Gasteiger partial charge in [0, 0.05) is 13.1 Å². The molecule has 0 aliphatic carbocycles. The van der Waals surface area contributed by atoms with Crippen LogP contribution in [0.2, 0.25) is 0 Å². The number of rotatable bonds is 11. The zero-order valence-electron chi connectivity index (χ0n) is 18.9. The Morgan fingerprint density at radius 2 is 1.00 bits per heavy atom. The van der Waals surface area contributed by atoms with E-state index in [2.05, 4.69) is 84.3 Å². The van der Waals surface area contributed by atoms with E-state index in [-0.39, 0.29) is 0 Å². The van der Waals surface area contributed by atoms with E-state index in [4.69, 9.17) is 15.0 Å². The van der Waals surface area contributed by atoms with E-state index in [0.29, 0.717) is 34.5 Å². The molecule has 0 unspecified atom stereocenters. The molecule has 0 atom stereocenters. The van der Waals surface area contributed by atoms with Crippen molar-refractivity contribution in [3.8, 4) is 0 Å². The summed E-state index contributed by atoms with van der Waals surface area (Å²) in [6.07, 6.45) is 0. The summed E-state index contributed by atoms with van der Waals surface area (Å²) in [6.45, 7) is 24.2. The minimum absolute atomic E-state index is 0.397. The fourth-order valence-corrected chi connectivity index (χ4v) is 7.13. The Balaban J connectivity index is 3.27. The van der Waals surface area contributed by atoms with Crippen LogP contribution in [0, 0.1) is 0 Å². The highest BCUT2D eigenvalue weighted by molar-refractivity contribution is 7.60. The van der Waals surface area contributed by atoms with E-state index in [9.17, 15) is 0 Å². The maximum absolute atomic E-state index is 4.75. The first-order valence-corrected chi connectivity index (χ1v) is 13.2. The summed E-state index contributed by atoms with van der Waals surface area (Å²) < 4.78 is 0. The molecule has 1 aromatic heterocycles. The molecular formula is C19H40N6P2. The van der Waals surface area contributed by atoms with Crippen molar-refractivity contribution in [2.24, 2.45) is 0 Å². The van der Waals surface area contributed by atoms with Crippen molar-refractivity contribution in [3.05, 3.63) is 0 Å². The summed E-state index contributed by atoms with van der Waals surface area (Å²) in [5.41, 5.74) is 2.25. The molecule has 1 heterocycles. The van der Waals surface area contributed by atoms with Gasteiger partial charge in [-0.3, -0.25) is 0 Å². The topological polar surface area (TPSA) is 66.0 Å². The minimum Gasteiger partial charge on any atom is -0.341 e. The van der Waals surface area contributed by atoms with Gasteiger partial charge in [-0.25, -0.2) is 0 Å². The molecule has 0 amide bonds. The molecule has 0 aliphatic rings. The third kappa shape index (κ3) is 7.31. The molecule has 2 N–H and O–H groups in total. The molecule has 0 bridgehead atoms. The van der Waals surface area contributed by atoms with E-state index < -0.39 is 16.1 Å². The van der Waals surface area contributed by atoms with E-state index in [0.717, 1.165) is 19.0 Å². The summed E-state index contributed by atoms with van der Waals surface area (Å²) in [5.74, 6) is 2.15. The smallest absolute Gasteiger partial charge is 0.232 e. The molecule has 0 aliphatic heterocycles. The third-order valence-corrected chi connectivity index (χ3v) is 9.72. The minimum atomic E-state index is -0.397. The quantitative estimate of drug-likeness (QED) is 0.435. The van der Waals surface area contributed by atoms with Crippen LogP contribution in [0.15, 0.2) is 0 Å². The first-order valence-electron chi connectivity index (χ1n) is 10.2. The van der Waals surface area contributed by atoms with Crippen LogP contribution in [-0.2, 0) is 0 Å². The highest BCUT2D eigenvalue weighted by Crippen LogP contribution is 2.47. The second kappa shape index (κ2) is 11.3. The van der Waals surface area contributed by atoms with Crippen molar-refractivity contribution in [2.45, 2.75) is 91.9 Å². The van der Waals surface area contributed by atoms with Gasteiger partial charge in [0.05, 0.1) is 0 Å². The van der Waals surface area contributed by atoms with Crippen molar-refractivity contribution in [2.75, 3.05) is 28.2 Å². The van der Waals surface area contributed by atoms with Crippen LogP contribution in [0.4, 0.5) is 17.8 Å². The fourth-order valence-electron chi connectivity index (χ4n) is 3.05. The zero-order valence-corrected chi connectivity index (χ0v) is 20.7. The highest BCUT2D eigenvalue weighted by atomic mass is 31.1. The first-order chi connectivity index (χ1) is 12.6. The van der Waals surface area contributed by atoms with Crippen LogP contribution in [0.25, 0.3) is 0 Å². The van der Waals surface area contributed by atoms with Crippen LogP contribution in [-0.4, -0.2) is 50.7 Å². The Hall–Kier alpha value is -0.730. The Morgan fingerprint density at radius 3 is 1.26 bits per heavy atom. The summed E-state index contributed by atoms with van der Waals surface area (Å²) in [7, 11) is -0.793. The number of nitrogens with one attached hydrogen (secondary N) is 2. The largest absolute Gasteiger partial charge is 0.341 e. The molecule has 0 radical (unpaired) electrons.